The molecule has 1 aromatic carbocycles. The zero-order valence-corrected chi connectivity index (χ0v) is 13.7. The van der Waals surface area contributed by atoms with E-state index in [1.165, 1.54) is 7.11 Å². The minimum absolute atomic E-state index is 0.0439. The first-order valence-electron chi connectivity index (χ1n) is 6.66. The van der Waals surface area contributed by atoms with Crippen molar-refractivity contribution in [3.63, 3.8) is 0 Å². The predicted molar refractivity (Wildman–Crippen MR) is 80.8 cm³/mol. The number of nitro groups is 1. The molecule has 0 aromatic heterocycles. The van der Waals surface area contributed by atoms with E-state index in [-0.39, 0.29) is 28.7 Å². The van der Waals surface area contributed by atoms with Gasteiger partial charge in [0.25, 0.3) is 5.69 Å². The van der Waals surface area contributed by atoms with Crippen LogP contribution in [0, 0.1) is 16.0 Å². The summed E-state index contributed by atoms with van der Waals surface area (Å²) in [7, 11) is -3.05. The van der Waals surface area contributed by atoms with Gasteiger partial charge in [0.2, 0.25) is 10.0 Å². The van der Waals surface area contributed by atoms with Crippen molar-refractivity contribution in [2.75, 3.05) is 7.11 Å². The third kappa shape index (κ3) is 4.89. The number of carboxylic acid groups (broad SMARTS) is 1. The van der Waals surface area contributed by atoms with Crippen LogP contribution in [0.1, 0.15) is 20.3 Å². The van der Waals surface area contributed by atoms with Gasteiger partial charge in [-0.3, -0.25) is 14.9 Å². The quantitative estimate of drug-likeness (QED) is 0.536. The van der Waals surface area contributed by atoms with E-state index in [0.717, 1.165) is 18.2 Å². The highest BCUT2D eigenvalue weighted by molar-refractivity contribution is 7.89. The zero-order valence-electron chi connectivity index (χ0n) is 12.8. The average Bonchev–Trinajstić information content (AvgIpc) is 2.44. The van der Waals surface area contributed by atoms with Crippen molar-refractivity contribution in [2.45, 2.75) is 31.2 Å². The van der Waals surface area contributed by atoms with Crippen molar-refractivity contribution in [1.82, 2.24) is 4.72 Å². The molecule has 0 spiro atoms. The van der Waals surface area contributed by atoms with E-state index in [1.54, 1.807) is 13.8 Å². The number of nitro benzene ring substituents is 1. The number of benzene rings is 1. The molecule has 0 aliphatic carbocycles. The molecule has 128 valence electrons. The Kier molecular flexibility index (Phi) is 6.05. The molecule has 0 aliphatic heterocycles. The summed E-state index contributed by atoms with van der Waals surface area (Å²) in [6, 6.07) is 1.68. The Bertz CT molecular complexity index is 700. The monoisotopic (exact) mass is 346 g/mol. The molecule has 9 nitrogen and oxygen atoms in total. The maximum Gasteiger partial charge on any atom is 0.321 e. The number of carboxylic acids is 1. The third-order valence-electron chi connectivity index (χ3n) is 2.95. The van der Waals surface area contributed by atoms with Crippen molar-refractivity contribution >= 4 is 21.7 Å². The Morgan fingerprint density at radius 1 is 1.43 bits per heavy atom. The highest BCUT2D eigenvalue weighted by Crippen LogP contribution is 2.28. The van der Waals surface area contributed by atoms with Gasteiger partial charge in [-0.15, -0.1) is 0 Å². The van der Waals surface area contributed by atoms with E-state index in [9.17, 15) is 23.3 Å². The average molecular weight is 346 g/mol. The molecule has 0 saturated carbocycles. The summed E-state index contributed by atoms with van der Waals surface area (Å²) < 4.78 is 31.7. The summed E-state index contributed by atoms with van der Waals surface area (Å²) in [5, 5.41) is 19.9. The lowest BCUT2D eigenvalue weighted by molar-refractivity contribution is -0.385. The number of hydrogen-bond donors (Lipinski definition) is 2. The van der Waals surface area contributed by atoms with Crippen molar-refractivity contribution in [3.8, 4) is 5.75 Å². The van der Waals surface area contributed by atoms with Crippen LogP contribution in [0.5, 0.6) is 5.75 Å². The number of carbonyl (C=O) groups is 1. The van der Waals surface area contributed by atoms with Gasteiger partial charge in [-0.2, -0.15) is 4.72 Å². The third-order valence-corrected chi connectivity index (χ3v) is 4.46. The Labute approximate surface area is 133 Å². The Balaban J connectivity index is 3.21. The van der Waals surface area contributed by atoms with Crippen LogP contribution in [-0.4, -0.2) is 37.6 Å². The fraction of sp³-hybridized carbons (Fsp3) is 0.462. The molecule has 0 saturated heterocycles. The van der Waals surface area contributed by atoms with Crippen molar-refractivity contribution in [2.24, 2.45) is 5.92 Å². The maximum absolute atomic E-state index is 12.4. The van der Waals surface area contributed by atoms with E-state index in [1.807, 2.05) is 0 Å². The Morgan fingerprint density at radius 2 is 2.04 bits per heavy atom. The van der Waals surface area contributed by atoms with Gasteiger partial charge in [-0.05, 0) is 18.4 Å². The number of nitrogens with zero attached hydrogens (tertiary/aromatic N) is 1. The molecule has 0 amide bonds. The van der Waals surface area contributed by atoms with Gasteiger partial charge >= 0.3 is 5.97 Å². The van der Waals surface area contributed by atoms with Crippen LogP contribution >= 0.6 is 0 Å². The molecule has 0 unspecified atom stereocenters. The van der Waals surface area contributed by atoms with Gasteiger partial charge in [-0.25, -0.2) is 8.42 Å². The molecule has 1 rings (SSSR count). The summed E-state index contributed by atoms with van der Waals surface area (Å²) in [6.07, 6.45) is 0.101. The van der Waals surface area contributed by atoms with Crippen LogP contribution in [0.2, 0.25) is 0 Å². The minimum atomic E-state index is -4.21. The van der Waals surface area contributed by atoms with E-state index < -0.39 is 27.0 Å². The number of ether oxygens (including phenoxy) is 1. The standard InChI is InChI=1S/C13H18N2O7S/c1-8(2)6-10(13(16)17)14-23(20,21)12-5-4-9(15(18)19)7-11(12)22-3/h4-5,7-8,10,14H,6H2,1-3H3,(H,16,17)/t10-/m1/s1. The molecule has 23 heavy (non-hydrogen) atoms. The van der Waals surface area contributed by atoms with Gasteiger partial charge in [0.05, 0.1) is 18.1 Å². The normalized spacial score (nSPS) is 12.9. The van der Waals surface area contributed by atoms with Crippen LogP contribution in [-0.2, 0) is 14.8 Å². The van der Waals surface area contributed by atoms with Crippen molar-refractivity contribution in [3.05, 3.63) is 28.3 Å². The van der Waals surface area contributed by atoms with Crippen molar-refractivity contribution < 1.29 is 28.0 Å². The number of sulfonamides is 1. The fourth-order valence-corrected chi connectivity index (χ4v) is 3.27. The lowest BCUT2D eigenvalue weighted by Crippen LogP contribution is -2.41. The first-order valence-corrected chi connectivity index (χ1v) is 8.14. The Morgan fingerprint density at radius 3 is 2.48 bits per heavy atom. The van der Waals surface area contributed by atoms with E-state index >= 15 is 0 Å². The highest BCUT2D eigenvalue weighted by Gasteiger charge is 2.29. The number of methoxy groups -OCH3 is 1. The lowest BCUT2D eigenvalue weighted by atomic mass is 10.1. The molecule has 10 heteroatoms. The number of nitrogens with one attached hydrogen (secondary N) is 1. The molecule has 0 bridgehead atoms. The number of aliphatic carboxylic acids is 1. The van der Waals surface area contributed by atoms with Crippen LogP contribution in [0.25, 0.3) is 0 Å². The second kappa shape index (κ2) is 7.38. The van der Waals surface area contributed by atoms with Crippen LogP contribution in [0.15, 0.2) is 23.1 Å². The highest BCUT2D eigenvalue weighted by atomic mass is 32.2. The molecular weight excluding hydrogens is 328 g/mol. The molecule has 0 fully saturated rings. The number of non-ortho nitro benzene ring substituents is 1. The summed E-state index contributed by atoms with van der Waals surface area (Å²) in [6.45, 7) is 3.52. The second-order valence-electron chi connectivity index (χ2n) is 5.23. The largest absolute Gasteiger partial charge is 0.495 e. The summed E-state index contributed by atoms with van der Waals surface area (Å²) in [4.78, 5) is 20.9. The number of hydrogen-bond acceptors (Lipinski definition) is 6. The van der Waals surface area contributed by atoms with Gasteiger partial charge in [-0.1, -0.05) is 13.8 Å². The SMILES string of the molecule is COc1cc([N+](=O)[O-])ccc1S(=O)(=O)N[C@H](CC(C)C)C(=O)O. The van der Waals surface area contributed by atoms with Gasteiger partial charge in [0, 0.05) is 6.07 Å². The van der Waals surface area contributed by atoms with E-state index in [0.29, 0.717) is 0 Å². The van der Waals surface area contributed by atoms with E-state index in [4.69, 9.17) is 9.84 Å². The van der Waals surface area contributed by atoms with Crippen LogP contribution in [0.4, 0.5) is 5.69 Å². The molecule has 1 aromatic rings. The van der Waals surface area contributed by atoms with Gasteiger partial charge < -0.3 is 9.84 Å². The number of rotatable bonds is 8. The fourth-order valence-electron chi connectivity index (χ4n) is 1.91. The Hall–Kier alpha value is -2.20. The lowest BCUT2D eigenvalue weighted by Gasteiger charge is -2.17. The maximum atomic E-state index is 12.4. The minimum Gasteiger partial charge on any atom is -0.495 e. The first-order chi connectivity index (χ1) is 10.6. The second-order valence-corrected chi connectivity index (χ2v) is 6.92. The van der Waals surface area contributed by atoms with Crippen molar-refractivity contribution in [1.29, 1.82) is 0 Å². The van der Waals surface area contributed by atoms with E-state index in [2.05, 4.69) is 4.72 Å². The van der Waals surface area contributed by atoms with Gasteiger partial charge in [0.1, 0.15) is 16.7 Å². The smallest absolute Gasteiger partial charge is 0.321 e. The van der Waals surface area contributed by atoms with Crippen LogP contribution < -0.4 is 9.46 Å². The molecule has 0 heterocycles. The van der Waals surface area contributed by atoms with Gasteiger partial charge in [0.15, 0.2) is 0 Å². The molecule has 1 atom stereocenters. The first kappa shape index (κ1) is 18.8. The summed E-state index contributed by atoms with van der Waals surface area (Å²) >= 11 is 0. The summed E-state index contributed by atoms with van der Waals surface area (Å²) in [5.41, 5.74) is -0.335. The molecule has 0 aliphatic rings. The van der Waals surface area contributed by atoms with Crippen LogP contribution in [0.3, 0.4) is 0 Å². The summed E-state index contributed by atoms with van der Waals surface area (Å²) in [5.74, 6) is -1.58. The molecule has 0 radical (unpaired) electrons. The topological polar surface area (TPSA) is 136 Å². The zero-order chi connectivity index (χ0) is 17.8. The molecule has 2 N–H and O–H groups in total. The molecular formula is C13H18N2O7S. The predicted octanol–water partition coefficient (Wildman–Crippen LogP) is 1.38.